The van der Waals surface area contributed by atoms with E-state index in [9.17, 15) is 0 Å². The predicted octanol–water partition coefficient (Wildman–Crippen LogP) is 1.80. The molecule has 0 saturated heterocycles. The number of nitrogens with one attached hydrogen (secondary N) is 1. The lowest BCUT2D eigenvalue weighted by Crippen LogP contribution is -2.16. The third-order valence-corrected chi connectivity index (χ3v) is 2.26. The number of halogens is 1. The zero-order chi connectivity index (χ0) is 7.52. The zero-order valence-corrected chi connectivity index (χ0v) is 7.86. The van der Waals surface area contributed by atoms with E-state index in [1.807, 2.05) is 0 Å². The molecule has 0 fully saturated rings. The Labute approximate surface area is 79.6 Å². The molecule has 0 saturated carbocycles. The van der Waals surface area contributed by atoms with Crippen LogP contribution in [0.4, 0.5) is 0 Å². The van der Waals surface area contributed by atoms with Gasteiger partial charge in [-0.25, -0.2) is 0 Å². The Hall–Kier alpha value is -0.530. The highest BCUT2D eigenvalue weighted by atomic mass is 35.5. The summed E-state index contributed by atoms with van der Waals surface area (Å²) in [5.74, 6) is 0. The van der Waals surface area contributed by atoms with E-state index < -0.39 is 0 Å². The fourth-order valence-corrected chi connectivity index (χ4v) is 1.62. The van der Waals surface area contributed by atoms with Crippen molar-refractivity contribution < 1.29 is 0 Å². The summed E-state index contributed by atoms with van der Waals surface area (Å²) >= 11 is 0. The van der Waals surface area contributed by atoms with Gasteiger partial charge in [0.25, 0.3) is 0 Å². The molecule has 0 spiro atoms. The lowest BCUT2D eigenvalue weighted by Gasteiger charge is -2.01. The van der Waals surface area contributed by atoms with Crippen LogP contribution >= 0.6 is 12.4 Å². The molecule has 0 aromatic heterocycles. The van der Waals surface area contributed by atoms with Gasteiger partial charge in [-0.1, -0.05) is 24.3 Å². The molecule has 1 heterocycles. The summed E-state index contributed by atoms with van der Waals surface area (Å²) in [5, 5.41) is 3.39. The largest absolute Gasteiger partial charge is 0.316 e. The first-order chi connectivity index (χ1) is 5.47. The molecule has 1 aromatic carbocycles. The number of hydrogen-bond acceptors (Lipinski definition) is 1. The summed E-state index contributed by atoms with van der Waals surface area (Å²) in [6.07, 6.45) is 2.38. The van der Waals surface area contributed by atoms with Gasteiger partial charge in [0.15, 0.2) is 0 Å². The molecule has 2 heteroatoms. The van der Waals surface area contributed by atoms with Gasteiger partial charge in [0.05, 0.1) is 0 Å². The first-order valence-electron chi connectivity index (χ1n) is 4.24. The maximum Gasteiger partial charge on any atom is -0.000812 e. The Bertz CT molecular complexity index is 222. The van der Waals surface area contributed by atoms with Crippen LogP contribution in [0.5, 0.6) is 0 Å². The van der Waals surface area contributed by atoms with Crippen molar-refractivity contribution in [3.8, 4) is 0 Å². The van der Waals surface area contributed by atoms with Gasteiger partial charge in [0.2, 0.25) is 0 Å². The van der Waals surface area contributed by atoms with Gasteiger partial charge in [0.1, 0.15) is 0 Å². The molecule has 1 N–H and O–H groups in total. The average molecular weight is 184 g/mol. The molecule has 66 valence electrons. The van der Waals surface area contributed by atoms with E-state index in [0.717, 1.165) is 13.1 Å². The van der Waals surface area contributed by atoms with E-state index in [-0.39, 0.29) is 12.4 Å². The number of rotatable bonds is 0. The van der Waals surface area contributed by atoms with Gasteiger partial charge in [-0.2, -0.15) is 0 Å². The van der Waals surface area contributed by atoms with E-state index in [2.05, 4.69) is 29.6 Å². The van der Waals surface area contributed by atoms with Crippen LogP contribution in [-0.4, -0.2) is 13.1 Å². The molecular formula is C10H14ClN. The maximum atomic E-state index is 3.39. The molecule has 0 atom stereocenters. The van der Waals surface area contributed by atoms with Crippen molar-refractivity contribution in [3.63, 3.8) is 0 Å². The Morgan fingerprint density at radius 1 is 0.917 bits per heavy atom. The zero-order valence-electron chi connectivity index (χ0n) is 7.05. The molecule has 1 aliphatic rings. The number of benzene rings is 1. The van der Waals surface area contributed by atoms with Crippen LogP contribution < -0.4 is 5.32 Å². The maximum absolute atomic E-state index is 3.39. The summed E-state index contributed by atoms with van der Waals surface area (Å²) in [6.45, 7) is 2.27. The molecule has 0 bridgehead atoms. The number of hydrogen-bond donors (Lipinski definition) is 1. The van der Waals surface area contributed by atoms with Gasteiger partial charge in [-0.15, -0.1) is 12.4 Å². The van der Waals surface area contributed by atoms with Gasteiger partial charge in [-0.05, 0) is 37.1 Å². The fourth-order valence-electron chi connectivity index (χ4n) is 1.62. The molecule has 1 aromatic rings. The molecular weight excluding hydrogens is 170 g/mol. The second kappa shape index (κ2) is 4.48. The summed E-state index contributed by atoms with van der Waals surface area (Å²) in [4.78, 5) is 0. The van der Waals surface area contributed by atoms with Crippen molar-refractivity contribution in [1.82, 2.24) is 5.32 Å². The Morgan fingerprint density at radius 3 is 1.92 bits per heavy atom. The second-order valence-corrected chi connectivity index (χ2v) is 3.02. The van der Waals surface area contributed by atoms with E-state index in [1.165, 1.54) is 24.0 Å². The van der Waals surface area contributed by atoms with Crippen molar-refractivity contribution in [3.05, 3.63) is 35.4 Å². The third-order valence-electron chi connectivity index (χ3n) is 2.26. The van der Waals surface area contributed by atoms with Gasteiger partial charge in [0, 0.05) is 0 Å². The Balaban J connectivity index is 0.000000720. The highest BCUT2D eigenvalue weighted by Gasteiger charge is 2.04. The predicted molar refractivity (Wildman–Crippen MR) is 54.0 cm³/mol. The van der Waals surface area contributed by atoms with Crippen molar-refractivity contribution in [2.75, 3.05) is 13.1 Å². The van der Waals surface area contributed by atoms with Gasteiger partial charge in [-0.3, -0.25) is 0 Å². The quantitative estimate of drug-likeness (QED) is 0.647. The summed E-state index contributed by atoms with van der Waals surface area (Å²) in [5.41, 5.74) is 3.05. The molecule has 0 aliphatic carbocycles. The molecule has 2 rings (SSSR count). The molecule has 1 aliphatic heterocycles. The topological polar surface area (TPSA) is 12.0 Å². The molecule has 12 heavy (non-hydrogen) atoms. The highest BCUT2D eigenvalue weighted by molar-refractivity contribution is 5.85. The van der Waals surface area contributed by atoms with Crippen molar-refractivity contribution in [2.24, 2.45) is 0 Å². The lowest BCUT2D eigenvalue weighted by atomic mass is 10.0. The van der Waals surface area contributed by atoms with Crippen LogP contribution in [0, 0.1) is 0 Å². The van der Waals surface area contributed by atoms with Crippen LogP contribution in [0.2, 0.25) is 0 Å². The SMILES string of the molecule is Cl.c1ccc2c(c1)CCNCC2. The van der Waals surface area contributed by atoms with E-state index in [4.69, 9.17) is 0 Å². The first-order valence-corrected chi connectivity index (χ1v) is 4.24. The second-order valence-electron chi connectivity index (χ2n) is 3.02. The van der Waals surface area contributed by atoms with Crippen molar-refractivity contribution >= 4 is 12.4 Å². The van der Waals surface area contributed by atoms with E-state index in [0.29, 0.717) is 0 Å². The van der Waals surface area contributed by atoms with E-state index in [1.54, 1.807) is 0 Å². The van der Waals surface area contributed by atoms with Crippen molar-refractivity contribution in [1.29, 1.82) is 0 Å². The lowest BCUT2D eigenvalue weighted by molar-refractivity contribution is 0.711. The van der Waals surface area contributed by atoms with Crippen molar-refractivity contribution in [2.45, 2.75) is 12.8 Å². The third kappa shape index (κ3) is 1.99. The van der Waals surface area contributed by atoms with Crippen LogP contribution in [0.25, 0.3) is 0 Å². The van der Waals surface area contributed by atoms with Crippen LogP contribution in [-0.2, 0) is 12.8 Å². The highest BCUT2D eigenvalue weighted by Crippen LogP contribution is 2.11. The average Bonchev–Trinajstić information content (AvgIpc) is 2.28. The monoisotopic (exact) mass is 183 g/mol. The van der Waals surface area contributed by atoms with Crippen LogP contribution in [0.1, 0.15) is 11.1 Å². The molecule has 0 radical (unpaired) electrons. The number of fused-ring (bicyclic) bond motifs is 1. The molecule has 1 nitrogen and oxygen atoms in total. The van der Waals surface area contributed by atoms with Gasteiger partial charge >= 0.3 is 0 Å². The van der Waals surface area contributed by atoms with Gasteiger partial charge < -0.3 is 5.32 Å². The van der Waals surface area contributed by atoms with Crippen LogP contribution in [0.15, 0.2) is 24.3 Å². The summed E-state index contributed by atoms with van der Waals surface area (Å²) in [7, 11) is 0. The normalized spacial score (nSPS) is 15.7. The minimum absolute atomic E-state index is 0. The summed E-state index contributed by atoms with van der Waals surface area (Å²) in [6, 6.07) is 8.74. The standard InChI is InChI=1S/C10H13N.ClH/c1-2-4-10-6-8-11-7-5-9(10)3-1;/h1-4,11H,5-8H2;1H. The minimum atomic E-state index is 0. The minimum Gasteiger partial charge on any atom is -0.316 e. The van der Waals surface area contributed by atoms with Crippen LogP contribution in [0.3, 0.4) is 0 Å². The summed E-state index contributed by atoms with van der Waals surface area (Å²) < 4.78 is 0. The Kier molecular flexibility index (Phi) is 3.57. The fraction of sp³-hybridized carbons (Fsp3) is 0.400. The first kappa shape index (κ1) is 9.56. The Morgan fingerprint density at radius 2 is 1.42 bits per heavy atom. The molecule has 0 amide bonds. The smallest absolute Gasteiger partial charge is 0.000812 e. The molecule has 0 unspecified atom stereocenters. The van der Waals surface area contributed by atoms with E-state index >= 15 is 0 Å².